The maximum atomic E-state index is 12.9. The van der Waals surface area contributed by atoms with E-state index in [2.05, 4.69) is 20.8 Å². The zero-order chi connectivity index (χ0) is 14.5. The number of aryl methyl sites for hydroxylation is 1. The maximum absolute atomic E-state index is 12.9. The minimum atomic E-state index is -3.37. The Hall–Kier alpha value is 0.0500. The lowest BCUT2D eigenvalue weighted by Gasteiger charge is -2.41. The molecule has 1 aromatic rings. The quantitative estimate of drug-likeness (QED) is 0.793. The highest BCUT2D eigenvalue weighted by Gasteiger charge is 2.40. The molecule has 0 saturated carbocycles. The van der Waals surface area contributed by atoms with E-state index in [0.29, 0.717) is 17.5 Å². The minimum absolute atomic E-state index is 0.0485. The molecule has 0 radical (unpaired) electrons. The predicted octanol–water partition coefficient (Wildman–Crippen LogP) is 2.68. The summed E-state index contributed by atoms with van der Waals surface area (Å²) in [6, 6.07) is 2.19. The van der Waals surface area contributed by atoms with Crippen molar-refractivity contribution in [2.24, 2.45) is 0 Å². The second-order valence-electron chi connectivity index (χ2n) is 5.69. The highest BCUT2D eigenvalue weighted by atomic mass is 79.9. The number of hydrogen-bond acceptors (Lipinski definition) is 4. The Kier molecular flexibility index (Phi) is 4.01. The van der Waals surface area contributed by atoms with Crippen LogP contribution in [0.15, 0.2) is 14.7 Å². The second kappa shape index (κ2) is 5.35. The topological polar surface area (TPSA) is 40.6 Å². The van der Waals surface area contributed by atoms with E-state index in [1.165, 1.54) is 17.8 Å². The summed E-state index contributed by atoms with van der Waals surface area (Å²) in [6.45, 7) is 6.50. The summed E-state index contributed by atoms with van der Waals surface area (Å²) in [6.07, 6.45) is 2.30. The molecule has 2 unspecified atom stereocenters. The fraction of sp³-hybridized carbons (Fsp3) is 0.692. The fourth-order valence-electron chi connectivity index (χ4n) is 3.31. The highest BCUT2D eigenvalue weighted by Crippen LogP contribution is 2.34. The summed E-state index contributed by atoms with van der Waals surface area (Å²) in [5.74, 6) is 0. The standard InChI is InChI=1S/C13H19BrN2O2S2/c1-9-7-15-5-3-4-11(15)8-16(9)20(17,18)12-6-13(14)19-10(12)2/h6,9,11H,3-5,7-8H2,1-2H3. The van der Waals surface area contributed by atoms with Crippen molar-refractivity contribution in [2.75, 3.05) is 19.6 Å². The van der Waals surface area contributed by atoms with Crippen molar-refractivity contribution in [1.29, 1.82) is 0 Å². The third kappa shape index (κ3) is 2.47. The zero-order valence-electron chi connectivity index (χ0n) is 11.7. The van der Waals surface area contributed by atoms with Gasteiger partial charge in [-0.3, -0.25) is 4.90 Å². The van der Waals surface area contributed by atoms with Crippen LogP contribution in [0.2, 0.25) is 0 Å². The molecule has 3 rings (SSSR count). The van der Waals surface area contributed by atoms with E-state index in [4.69, 9.17) is 0 Å². The Morgan fingerprint density at radius 1 is 1.40 bits per heavy atom. The zero-order valence-corrected chi connectivity index (χ0v) is 14.9. The largest absolute Gasteiger partial charge is 0.297 e. The van der Waals surface area contributed by atoms with Crippen molar-refractivity contribution >= 4 is 37.3 Å². The molecule has 2 atom stereocenters. The number of sulfonamides is 1. The summed E-state index contributed by atoms with van der Waals surface area (Å²) >= 11 is 4.87. The summed E-state index contributed by atoms with van der Waals surface area (Å²) in [7, 11) is -3.37. The number of rotatable bonds is 2. The maximum Gasteiger partial charge on any atom is 0.244 e. The first kappa shape index (κ1) is 15.0. The summed E-state index contributed by atoms with van der Waals surface area (Å²) in [5, 5.41) is 0. The molecule has 0 spiro atoms. The Bertz CT molecular complexity index is 614. The van der Waals surface area contributed by atoms with Gasteiger partial charge in [0.15, 0.2) is 0 Å². The number of nitrogens with zero attached hydrogens (tertiary/aromatic N) is 2. The third-order valence-corrected chi connectivity index (χ3v) is 8.10. The van der Waals surface area contributed by atoms with Crippen LogP contribution in [-0.4, -0.2) is 49.3 Å². The fourth-order valence-corrected chi connectivity index (χ4v) is 7.35. The monoisotopic (exact) mass is 378 g/mol. The van der Waals surface area contributed by atoms with Gasteiger partial charge in [0, 0.05) is 30.1 Å². The molecule has 0 aromatic carbocycles. The number of halogens is 1. The lowest BCUT2D eigenvalue weighted by Crippen LogP contribution is -2.56. The minimum Gasteiger partial charge on any atom is -0.297 e. The Morgan fingerprint density at radius 3 is 2.80 bits per heavy atom. The molecule has 0 aliphatic carbocycles. The molecule has 2 fully saturated rings. The molecule has 2 aliphatic rings. The molecule has 2 aliphatic heterocycles. The van der Waals surface area contributed by atoms with Gasteiger partial charge >= 0.3 is 0 Å². The third-order valence-electron chi connectivity index (χ3n) is 4.31. The van der Waals surface area contributed by atoms with Crippen LogP contribution < -0.4 is 0 Å². The first-order valence-electron chi connectivity index (χ1n) is 6.91. The van der Waals surface area contributed by atoms with Crippen molar-refractivity contribution in [3.63, 3.8) is 0 Å². The molecule has 2 saturated heterocycles. The lowest BCUT2D eigenvalue weighted by molar-refractivity contribution is 0.117. The van der Waals surface area contributed by atoms with E-state index < -0.39 is 10.0 Å². The van der Waals surface area contributed by atoms with Crippen LogP contribution in [0.3, 0.4) is 0 Å². The van der Waals surface area contributed by atoms with E-state index in [9.17, 15) is 8.42 Å². The normalized spacial score (nSPS) is 28.8. The molecule has 0 N–H and O–H groups in total. The first-order valence-corrected chi connectivity index (χ1v) is 9.96. The van der Waals surface area contributed by atoms with E-state index >= 15 is 0 Å². The van der Waals surface area contributed by atoms with E-state index in [1.807, 2.05) is 13.8 Å². The smallest absolute Gasteiger partial charge is 0.244 e. The molecule has 4 nitrogen and oxygen atoms in total. The highest BCUT2D eigenvalue weighted by molar-refractivity contribution is 9.11. The Morgan fingerprint density at radius 2 is 2.15 bits per heavy atom. The molecular weight excluding hydrogens is 360 g/mol. The van der Waals surface area contributed by atoms with Gasteiger partial charge < -0.3 is 0 Å². The summed E-state index contributed by atoms with van der Waals surface area (Å²) in [5.41, 5.74) is 0. The van der Waals surface area contributed by atoms with Gasteiger partial charge in [0.1, 0.15) is 0 Å². The van der Waals surface area contributed by atoms with Gasteiger partial charge in [-0.05, 0) is 55.2 Å². The van der Waals surface area contributed by atoms with Crippen LogP contribution in [0.1, 0.15) is 24.6 Å². The molecule has 0 amide bonds. The predicted molar refractivity (Wildman–Crippen MR) is 84.7 cm³/mol. The van der Waals surface area contributed by atoms with Gasteiger partial charge in [-0.15, -0.1) is 11.3 Å². The van der Waals surface area contributed by atoms with Crippen molar-refractivity contribution in [2.45, 2.75) is 43.7 Å². The van der Waals surface area contributed by atoms with Crippen LogP contribution >= 0.6 is 27.3 Å². The second-order valence-corrected chi connectivity index (χ2v) is 10.2. The number of thiophene rings is 1. The average Bonchev–Trinajstić information content (AvgIpc) is 2.94. The van der Waals surface area contributed by atoms with Crippen molar-refractivity contribution in [3.05, 3.63) is 14.7 Å². The number of hydrogen-bond donors (Lipinski definition) is 0. The molecule has 7 heteroatoms. The van der Waals surface area contributed by atoms with Crippen LogP contribution in [0.5, 0.6) is 0 Å². The Balaban J connectivity index is 1.92. The van der Waals surface area contributed by atoms with Gasteiger partial charge in [0.25, 0.3) is 0 Å². The average molecular weight is 379 g/mol. The molecular formula is C13H19BrN2O2S2. The molecule has 20 heavy (non-hydrogen) atoms. The summed E-state index contributed by atoms with van der Waals surface area (Å²) < 4.78 is 28.4. The van der Waals surface area contributed by atoms with Crippen molar-refractivity contribution < 1.29 is 8.42 Å². The van der Waals surface area contributed by atoms with E-state index in [0.717, 1.165) is 28.2 Å². The van der Waals surface area contributed by atoms with Gasteiger partial charge in [0.05, 0.1) is 8.68 Å². The Labute approximate surface area is 132 Å². The summed E-state index contributed by atoms with van der Waals surface area (Å²) in [4.78, 5) is 3.76. The SMILES string of the molecule is Cc1sc(Br)cc1S(=O)(=O)N1CC2CCCN2CC1C. The van der Waals surface area contributed by atoms with Gasteiger partial charge in [-0.1, -0.05) is 0 Å². The number of fused-ring (bicyclic) bond motifs is 1. The molecule has 3 heterocycles. The van der Waals surface area contributed by atoms with Crippen molar-refractivity contribution in [1.82, 2.24) is 9.21 Å². The molecule has 112 valence electrons. The van der Waals surface area contributed by atoms with Crippen molar-refractivity contribution in [3.8, 4) is 0 Å². The van der Waals surface area contributed by atoms with Gasteiger partial charge in [0.2, 0.25) is 10.0 Å². The van der Waals surface area contributed by atoms with Gasteiger partial charge in [-0.2, -0.15) is 4.31 Å². The number of piperazine rings is 1. The first-order chi connectivity index (χ1) is 9.39. The van der Waals surface area contributed by atoms with E-state index in [-0.39, 0.29) is 6.04 Å². The van der Waals surface area contributed by atoms with Crippen LogP contribution in [-0.2, 0) is 10.0 Å². The van der Waals surface area contributed by atoms with E-state index in [1.54, 1.807) is 10.4 Å². The lowest BCUT2D eigenvalue weighted by atomic mass is 10.1. The van der Waals surface area contributed by atoms with Crippen LogP contribution in [0.25, 0.3) is 0 Å². The van der Waals surface area contributed by atoms with Crippen LogP contribution in [0, 0.1) is 6.92 Å². The van der Waals surface area contributed by atoms with Crippen LogP contribution in [0.4, 0.5) is 0 Å². The molecule has 1 aromatic heterocycles. The molecule has 0 bridgehead atoms. The van der Waals surface area contributed by atoms with Gasteiger partial charge in [-0.25, -0.2) is 8.42 Å².